The number of nitrogens with zero attached hydrogens (tertiary/aromatic N) is 3. The van der Waals surface area contributed by atoms with Crippen molar-refractivity contribution in [2.24, 2.45) is 0 Å². The van der Waals surface area contributed by atoms with Crippen molar-refractivity contribution in [3.05, 3.63) is 12.3 Å². The fraction of sp³-hybridized carbons (Fsp3) is 0.714. The molecule has 2 aliphatic rings. The van der Waals surface area contributed by atoms with Crippen LogP contribution >= 0.6 is 0 Å². The van der Waals surface area contributed by atoms with Crippen LogP contribution in [0.5, 0.6) is 0 Å². The molecule has 3 heterocycles. The van der Waals surface area contributed by atoms with Crippen LogP contribution in [0.2, 0.25) is 0 Å². The van der Waals surface area contributed by atoms with Crippen LogP contribution in [0.15, 0.2) is 12.3 Å². The minimum absolute atomic E-state index is 0.339. The van der Waals surface area contributed by atoms with E-state index in [0.29, 0.717) is 13.2 Å². The van der Waals surface area contributed by atoms with Crippen molar-refractivity contribution in [3.63, 3.8) is 0 Å². The SMILES string of the molecule is CCCNc1ccnc(N2CCC3(CC2)OCCO3)n1. The van der Waals surface area contributed by atoms with Gasteiger partial charge in [-0.3, -0.25) is 0 Å². The zero-order valence-electron chi connectivity index (χ0n) is 12.0. The minimum Gasteiger partial charge on any atom is -0.370 e. The molecular weight excluding hydrogens is 256 g/mol. The van der Waals surface area contributed by atoms with Gasteiger partial charge in [-0.15, -0.1) is 0 Å². The Labute approximate surface area is 119 Å². The summed E-state index contributed by atoms with van der Waals surface area (Å²) >= 11 is 0. The van der Waals surface area contributed by atoms with E-state index in [1.165, 1.54) is 0 Å². The van der Waals surface area contributed by atoms with Gasteiger partial charge in [0.05, 0.1) is 13.2 Å². The predicted octanol–water partition coefficient (Wildman–Crippen LogP) is 1.64. The molecule has 110 valence electrons. The van der Waals surface area contributed by atoms with Gasteiger partial charge in [-0.1, -0.05) is 6.92 Å². The highest BCUT2D eigenvalue weighted by molar-refractivity contribution is 5.41. The van der Waals surface area contributed by atoms with Crippen molar-refractivity contribution in [2.75, 3.05) is 43.1 Å². The van der Waals surface area contributed by atoms with Crippen LogP contribution in [-0.4, -0.2) is 48.6 Å². The molecule has 1 spiro atoms. The lowest BCUT2D eigenvalue weighted by Crippen LogP contribution is -2.45. The van der Waals surface area contributed by atoms with E-state index >= 15 is 0 Å². The molecule has 0 saturated carbocycles. The smallest absolute Gasteiger partial charge is 0.227 e. The van der Waals surface area contributed by atoms with Crippen molar-refractivity contribution in [3.8, 4) is 0 Å². The van der Waals surface area contributed by atoms with Crippen LogP contribution in [0.4, 0.5) is 11.8 Å². The molecule has 0 amide bonds. The first-order valence-electron chi connectivity index (χ1n) is 7.41. The van der Waals surface area contributed by atoms with Gasteiger partial charge in [0.15, 0.2) is 5.79 Å². The summed E-state index contributed by atoms with van der Waals surface area (Å²) in [5, 5.41) is 3.30. The number of hydrogen-bond acceptors (Lipinski definition) is 6. The van der Waals surface area contributed by atoms with Gasteiger partial charge in [-0.2, -0.15) is 4.98 Å². The van der Waals surface area contributed by atoms with E-state index < -0.39 is 0 Å². The zero-order chi connectivity index (χ0) is 13.8. The number of piperidine rings is 1. The normalized spacial score (nSPS) is 21.4. The molecule has 3 rings (SSSR count). The van der Waals surface area contributed by atoms with Crippen LogP contribution in [0.1, 0.15) is 26.2 Å². The summed E-state index contributed by atoms with van der Waals surface area (Å²) in [6.45, 7) is 6.25. The van der Waals surface area contributed by atoms with Gasteiger partial charge in [0.1, 0.15) is 5.82 Å². The van der Waals surface area contributed by atoms with E-state index in [2.05, 4.69) is 27.1 Å². The van der Waals surface area contributed by atoms with Crippen LogP contribution in [0.3, 0.4) is 0 Å². The lowest BCUT2D eigenvalue weighted by Gasteiger charge is -2.37. The number of rotatable bonds is 4. The summed E-state index contributed by atoms with van der Waals surface area (Å²) in [6, 6.07) is 1.91. The number of ether oxygens (including phenoxy) is 2. The Morgan fingerprint density at radius 3 is 2.75 bits per heavy atom. The number of anilines is 2. The third kappa shape index (κ3) is 2.86. The van der Waals surface area contributed by atoms with Crippen molar-refractivity contribution in [2.45, 2.75) is 32.0 Å². The summed E-state index contributed by atoms with van der Waals surface area (Å²) in [5.74, 6) is 1.35. The van der Waals surface area contributed by atoms with Crippen molar-refractivity contribution < 1.29 is 9.47 Å². The molecule has 20 heavy (non-hydrogen) atoms. The Bertz CT molecular complexity index is 439. The lowest BCUT2D eigenvalue weighted by molar-refractivity contribution is -0.169. The molecule has 0 unspecified atom stereocenters. The molecule has 0 atom stereocenters. The molecule has 2 saturated heterocycles. The number of nitrogens with one attached hydrogen (secondary N) is 1. The second kappa shape index (κ2) is 5.93. The molecule has 2 aliphatic heterocycles. The summed E-state index contributed by atoms with van der Waals surface area (Å²) in [6.07, 6.45) is 4.65. The molecule has 0 bridgehead atoms. The van der Waals surface area contributed by atoms with E-state index in [1.807, 2.05) is 12.3 Å². The molecule has 1 aromatic rings. The average Bonchev–Trinajstić information content (AvgIpc) is 2.94. The second-order valence-corrected chi connectivity index (χ2v) is 5.26. The maximum atomic E-state index is 5.74. The molecule has 0 radical (unpaired) electrons. The van der Waals surface area contributed by atoms with Crippen molar-refractivity contribution >= 4 is 11.8 Å². The van der Waals surface area contributed by atoms with E-state index in [1.54, 1.807) is 0 Å². The van der Waals surface area contributed by atoms with Crippen LogP contribution in [0, 0.1) is 0 Å². The van der Waals surface area contributed by atoms with Gasteiger partial charge >= 0.3 is 0 Å². The summed E-state index contributed by atoms with van der Waals surface area (Å²) in [5.41, 5.74) is 0. The minimum atomic E-state index is -0.339. The highest BCUT2D eigenvalue weighted by atomic mass is 16.7. The molecule has 6 nitrogen and oxygen atoms in total. The summed E-state index contributed by atoms with van der Waals surface area (Å²) in [4.78, 5) is 11.2. The van der Waals surface area contributed by atoms with Crippen LogP contribution < -0.4 is 10.2 Å². The standard InChI is InChI=1S/C14H22N4O2/c1-2-6-15-12-3-7-16-13(17-12)18-8-4-14(5-9-18)19-10-11-20-14/h3,7H,2,4-6,8-11H2,1H3,(H,15,16,17). The molecular formula is C14H22N4O2. The maximum absolute atomic E-state index is 5.74. The third-order valence-corrected chi connectivity index (χ3v) is 3.82. The molecule has 1 aromatic heterocycles. The Morgan fingerprint density at radius 2 is 2.05 bits per heavy atom. The molecule has 2 fully saturated rings. The maximum Gasteiger partial charge on any atom is 0.227 e. The predicted molar refractivity (Wildman–Crippen MR) is 76.9 cm³/mol. The van der Waals surface area contributed by atoms with E-state index in [-0.39, 0.29) is 5.79 Å². The van der Waals surface area contributed by atoms with Crippen LogP contribution in [-0.2, 0) is 9.47 Å². The average molecular weight is 278 g/mol. The Morgan fingerprint density at radius 1 is 1.30 bits per heavy atom. The molecule has 0 aromatic carbocycles. The van der Waals surface area contributed by atoms with E-state index in [9.17, 15) is 0 Å². The lowest BCUT2D eigenvalue weighted by atomic mass is 10.0. The Balaban J connectivity index is 1.62. The van der Waals surface area contributed by atoms with Gasteiger partial charge in [-0.05, 0) is 12.5 Å². The summed E-state index contributed by atoms with van der Waals surface area (Å²) < 4.78 is 11.5. The van der Waals surface area contributed by atoms with Gasteiger partial charge in [0.2, 0.25) is 5.95 Å². The van der Waals surface area contributed by atoms with E-state index in [0.717, 1.165) is 50.7 Å². The number of aromatic nitrogens is 2. The van der Waals surface area contributed by atoms with Gasteiger partial charge in [0.25, 0.3) is 0 Å². The quantitative estimate of drug-likeness (QED) is 0.903. The Hall–Kier alpha value is -1.40. The topological polar surface area (TPSA) is 59.5 Å². The largest absolute Gasteiger partial charge is 0.370 e. The fourth-order valence-electron chi connectivity index (χ4n) is 2.69. The zero-order valence-corrected chi connectivity index (χ0v) is 12.0. The molecule has 6 heteroatoms. The first-order chi connectivity index (χ1) is 9.81. The van der Waals surface area contributed by atoms with E-state index in [4.69, 9.17) is 9.47 Å². The van der Waals surface area contributed by atoms with Crippen molar-refractivity contribution in [1.29, 1.82) is 0 Å². The second-order valence-electron chi connectivity index (χ2n) is 5.26. The highest BCUT2D eigenvalue weighted by Crippen LogP contribution is 2.32. The highest BCUT2D eigenvalue weighted by Gasteiger charge is 2.40. The third-order valence-electron chi connectivity index (χ3n) is 3.82. The monoisotopic (exact) mass is 278 g/mol. The van der Waals surface area contributed by atoms with Gasteiger partial charge < -0.3 is 19.7 Å². The Kier molecular flexibility index (Phi) is 4.03. The van der Waals surface area contributed by atoms with Gasteiger partial charge in [-0.25, -0.2) is 4.98 Å². The molecule has 0 aliphatic carbocycles. The number of hydrogen-bond donors (Lipinski definition) is 1. The fourth-order valence-corrected chi connectivity index (χ4v) is 2.69. The van der Waals surface area contributed by atoms with Crippen molar-refractivity contribution in [1.82, 2.24) is 9.97 Å². The summed E-state index contributed by atoms with van der Waals surface area (Å²) in [7, 11) is 0. The first kappa shape index (κ1) is 13.6. The van der Waals surface area contributed by atoms with Crippen LogP contribution in [0.25, 0.3) is 0 Å². The molecule has 1 N–H and O–H groups in total. The first-order valence-corrected chi connectivity index (χ1v) is 7.41. The van der Waals surface area contributed by atoms with Gasteiger partial charge in [0, 0.05) is 38.7 Å².